The lowest BCUT2D eigenvalue weighted by Gasteiger charge is -2.33. The molecule has 0 atom stereocenters. The smallest absolute Gasteiger partial charge is 0.328 e. The average molecular weight is 455 g/mol. The molecular formula is C21H25N7O5. The van der Waals surface area contributed by atoms with E-state index in [1.807, 2.05) is 0 Å². The van der Waals surface area contributed by atoms with Crippen molar-refractivity contribution in [2.24, 2.45) is 0 Å². The Balaban J connectivity index is 1.32. The van der Waals surface area contributed by atoms with Crippen LogP contribution in [0.15, 0.2) is 51.0 Å². The number of hydrogen-bond acceptors (Lipinski definition) is 9. The number of ether oxygens (including phenoxy) is 1. The van der Waals surface area contributed by atoms with E-state index in [4.69, 9.17) is 9.15 Å². The highest BCUT2D eigenvalue weighted by molar-refractivity contribution is 5.93. The van der Waals surface area contributed by atoms with Crippen LogP contribution < -0.4 is 26.2 Å². The summed E-state index contributed by atoms with van der Waals surface area (Å²) in [7, 11) is 2.08. The van der Waals surface area contributed by atoms with Gasteiger partial charge in [-0.2, -0.15) is 0 Å². The first-order valence-electron chi connectivity index (χ1n) is 10.5. The van der Waals surface area contributed by atoms with Crippen LogP contribution in [0.3, 0.4) is 0 Å². The van der Waals surface area contributed by atoms with Crippen molar-refractivity contribution in [1.29, 1.82) is 0 Å². The van der Waals surface area contributed by atoms with Crippen molar-refractivity contribution in [3.63, 3.8) is 0 Å². The maximum Gasteiger partial charge on any atom is 0.328 e. The zero-order chi connectivity index (χ0) is 23.2. The van der Waals surface area contributed by atoms with Crippen molar-refractivity contribution in [2.75, 3.05) is 51.3 Å². The van der Waals surface area contributed by atoms with Gasteiger partial charge in [-0.1, -0.05) is 0 Å². The van der Waals surface area contributed by atoms with Crippen LogP contribution in [-0.2, 0) is 6.54 Å². The number of H-pyrrole nitrogens is 1. The summed E-state index contributed by atoms with van der Waals surface area (Å²) in [6, 6.07) is 5.05. The molecule has 12 nitrogen and oxygen atoms in total. The number of furan rings is 1. The van der Waals surface area contributed by atoms with Gasteiger partial charge in [0.05, 0.1) is 19.4 Å². The number of aromatic amines is 1. The number of hydrogen-bond donors (Lipinski definition) is 2. The van der Waals surface area contributed by atoms with Crippen molar-refractivity contribution in [1.82, 2.24) is 29.7 Å². The van der Waals surface area contributed by atoms with E-state index in [9.17, 15) is 14.4 Å². The highest BCUT2D eigenvalue weighted by atomic mass is 16.5. The first-order valence-corrected chi connectivity index (χ1v) is 10.5. The van der Waals surface area contributed by atoms with Crippen LogP contribution in [0.25, 0.3) is 0 Å². The number of carbonyl (C=O) groups is 1. The van der Waals surface area contributed by atoms with Gasteiger partial charge in [0.25, 0.3) is 11.5 Å². The Morgan fingerprint density at radius 2 is 2.06 bits per heavy atom. The van der Waals surface area contributed by atoms with Crippen molar-refractivity contribution < 1.29 is 13.9 Å². The molecule has 174 valence electrons. The Kier molecular flexibility index (Phi) is 6.83. The van der Waals surface area contributed by atoms with Gasteiger partial charge in [0.15, 0.2) is 0 Å². The van der Waals surface area contributed by atoms with E-state index in [-0.39, 0.29) is 25.3 Å². The third-order valence-electron chi connectivity index (χ3n) is 5.29. The minimum atomic E-state index is -0.707. The second-order valence-electron chi connectivity index (χ2n) is 7.59. The van der Waals surface area contributed by atoms with E-state index < -0.39 is 17.2 Å². The van der Waals surface area contributed by atoms with Crippen molar-refractivity contribution in [3.8, 4) is 5.88 Å². The third kappa shape index (κ3) is 5.47. The summed E-state index contributed by atoms with van der Waals surface area (Å²) in [6.07, 6.45) is 3.99. The average Bonchev–Trinajstić information content (AvgIpc) is 3.33. The zero-order valence-corrected chi connectivity index (χ0v) is 18.2. The third-order valence-corrected chi connectivity index (χ3v) is 5.29. The van der Waals surface area contributed by atoms with Crippen LogP contribution in [-0.4, -0.2) is 76.7 Å². The summed E-state index contributed by atoms with van der Waals surface area (Å²) in [5.74, 6) is 1.00. The molecule has 12 heteroatoms. The molecule has 1 aliphatic rings. The van der Waals surface area contributed by atoms with E-state index in [1.165, 1.54) is 12.6 Å². The molecule has 0 spiro atoms. The molecule has 3 aromatic heterocycles. The summed E-state index contributed by atoms with van der Waals surface area (Å²) < 4.78 is 11.7. The van der Waals surface area contributed by atoms with E-state index in [1.54, 1.807) is 18.2 Å². The number of likely N-dealkylation sites (N-methyl/N-ethyl adjacent to an activating group) is 1. The van der Waals surface area contributed by atoms with Gasteiger partial charge >= 0.3 is 5.69 Å². The molecule has 1 amide bonds. The Labute approximate surface area is 188 Å². The highest BCUT2D eigenvalue weighted by Crippen LogP contribution is 2.17. The molecule has 4 heterocycles. The number of piperazine rings is 1. The lowest BCUT2D eigenvalue weighted by Crippen LogP contribution is -2.44. The fourth-order valence-electron chi connectivity index (χ4n) is 3.41. The van der Waals surface area contributed by atoms with Gasteiger partial charge in [-0.25, -0.2) is 14.8 Å². The molecule has 0 aromatic carbocycles. The van der Waals surface area contributed by atoms with E-state index in [0.29, 0.717) is 11.6 Å². The van der Waals surface area contributed by atoms with Gasteiger partial charge in [0.2, 0.25) is 5.88 Å². The largest absolute Gasteiger partial charge is 0.476 e. The molecule has 0 unspecified atom stereocenters. The number of carbonyl (C=O) groups excluding carboxylic acids is 1. The number of nitrogens with zero attached hydrogens (tertiary/aromatic N) is 5. The summed E-state index contributed by atoms with van der Waals surface area (Å²) in [6.45, 7) is 3.88. The van der Waals surface area contributed by atoms with Crippen LogP contribution in [0, 0.1) is 0 Å². The Bertz CT molecular complexity index is 1200. The van der Waals surface area contributed by atoms with Crippen molar-refractivity contribution >= 4 is 11.7 Å². The van der Waals surface area contributed by atoms with Gasteiger partial charge in [-0.15, -0.1) is 0 Å². The maximum atomic E-state index is 12.6. The standard InChI is InChI=1S/C21H25N7O5/c1-26-5-7-27(8-6-26)17-11-18(25-14-24-17)33-10-4-22-19(29)16-12-23-21(31)28(20(16)30)13-15-3-2-9-32-15/h2-3,9,11-12,14H,4-8,10,13H2,1H3,(H,22,29)(H,23,31). The SMILES string of the molecule is CN1CCN(c2cc(OCCNC(=O)c3c[nH]c(=O)n(Cc4ccco4)c3=O)ncn2)CC1. The van der Waals surface area contributed by atoms with Gasteiger partial charge in [0, 0.05) is 38.4 Å². The summed E-state index contributed by atoms with van der Waals surface area (Å²) >= 11 is 0. The Morgan fingerprint density at radius 3 is 2.82 bits per heavy atom. The summed E-state index contributed by atoms with van der Waals surface area (Å²) in [5, 5.41) is 2.62. The van der Waals surface area contributed by atoms with Gasteiger partial charge in [-0.3, -0.25) is 14.2 Å². The minimum Gasteiger partial charge on any atom is -0.476 e. The van der Waals surface area contributed by atoms with Gasteiger partial charge < -0.3 is 29.3 Å². The number of nitrogens with one attached hydrogen (secondary N) is 2. The number of rotatable bonds is 8. The minimum absolute atomic E-state index is 0.0747. The molecule has 4 rings (SSSR count). The van der Waals surface area contributed by atoms with Crippen LogP contribution in [0.1, 0.15) is 16.1 Å². The molecule has 2 N–H and O–H groups in total. The van der Waals surface area contributed by atoms with Crippen LogP contribution in [0.5, 0.6) is 5.88 Å². The first-order chi connectivity index (χ1) is 16.0. The van der Waals surface area contributed by atoms with E-state index in [0.717, 1.165) is 42.8 Å². The molecule has 33 heavy (non-hydrogen) atoms. The van der Waals surface area contributed by atoms with Gasteiger partial charge in [-0.05, 0) is 19.2 Å². The summed E-state index contributed by atoms with van der Waals surface area (Å²) in [4.78, 5) is 52.3. The molecule has 1 fully saturated rings. The topological polar surface area (TPSA) is 139 Å². The quantitative estimate of drug-likeness (QED) is 0.432. The predicted octanol–water partition coefficient (Wildman–Crippen LogP) is -0.471. The van der Waals surface area contributed by atoms with E-state index >= 15 is 0 Å². The lowest BCUT2D eigenvalue weighted by molar-refractivity contribution is 0.0943. The number of anilines is 1. The van der Waals surface area contributed by atoms with Crippen LogP contribution in [0.4, 0.5) is 5.82 Å². The molecule has 0 aliphatic carbocycles. The predicted molar refractivity (Wildman–Crippen MR) is 119 cm³/mol. The monoisotopic (exact) mass is 455 g/mol. The summed E-state index contributed by atoms with van der Waals surface area (Å²) in [5.41, 5.74) is -1.52. The maximum absolute atomic E-state index is 12.6. The Morgan fingerprint density at radius 1 is 1.24 bits per heavy atom. The number of amides is 1. The molecule has 3 aromatic rings. The normalized spacial score (nSPS) is 14.3. The van der Waals surface area contributed by atoms with Crippen LogP contribution >= 0.6 is 0 Å². The second kappa shape index (κ2) is 10.1. The lowest BCUT2D eigenvalue weighted by atomic mass is 10.3. The first kappa shape index (κ1) is 22.3. The van der Waals surface area contributed by atoms with Crippen molar-refractivity contribution in [2.45, 2.75) is 6.54 Å². The van der Waals surface area contributed by atoms with E-state index in [2.05, 4.69) is 37.1 Å². The molecule has 1 saturated heterocycles. The molecule has 0 saturated carbocycles. The highest BCUT2D eigenvalue weighted by Gasteiger charge is 2.17. The van der Waals surface area contributed by atoms with Crippen molar-refractivity contribution in [3.05, 3.63) is 69.1 Å². The number of aromatic nitrogens is 4. The molecule has 1 aliphatic heterocycles. The molecule has 0 bridgehead atoms. The fourth-order valence-corrected chi connectivity index (χ4v) is 3.41. The molecular weight excluding hydrogens is 430 g/mol. The fraction of sp³-hybridized carbons (Fsp3) is 0.381. The second-order valence-corrected chi connectivity index (χ2v) is 7.59. The zero-order valence-electron chi connectivity index (χ0n) is 18.2. The van der Waals surface area contributed by atoms with Crippen LogP contribution in [0.2, 0.25) is 0 Å². The Hall–Kier alpha value is -3.93. The molecule has 0 radical (unpaired) electrons. The van der Waals surface area contributed by atoms with Gasteiger partial charge in [0.1, 0.15) is 30.1 Å².